The molecule has 0 unspecified atom stereocenters. The third-order valence-corrected chi connectivity index (χ3v) is 4.17. The molecule has 5 heteroatoms. The van der Waals surface area contributed by atoms with E-state index in [1.807, 2.05) is 85.8 Å². The Labute approximate surface area is 168 Å². The van der Waals surface area contributed by atoms with E-state index in [0.717, 1.165) is 17.1 Å². The van der Waals surface area contributed by atoms with E-state index < -0.39 is 5.97 Å². The predicted octanol–water partition coefficient (Wildman–Crippen LogP) is 5.22. The Morgan fingerprint density at radius 3 is 2.41 bits per heavy atom. The molecule has 0 aliphatic carbocycles. The van der Waals surface area contributed by atoms with Crippen molar-refractivity contribution in [3.63, 3.8) is 0 Å². The van der Waals surface area contributed by atoms with E-state index in [0.29, 0.717) is 17.9 Å². The number of aliphatic imine (C=N–C) groups is 1. The molecule has 0 saturated heterocycles. The van der Waals surface area contributed by atoms with Crippen LogP contribution < -0.4 is 9.47 Å². The molecule has 1 heterocycles. The van der Waals surface area contributed by atoms with E-state index in [9.17, 15) is 4.79 Å². The van der Waals surface area contributed by atoms with E-state index in [1.54, 1.807) is 6.08 Å². The van der Waals surface area contributed by atoms with Gasteiger partial charge in [-0.15, -0.1) is 0 Å². The Morgan fingerprint density at radius 1 is 0.897 bits per heavy atom. The van der Waals surface area contributed by atoms with Crippen LogP contribution in [0.25, 0.3) is 6.08 Å². The van der Waals surface area contributed by atoms with Crippen LogP contribution in [0.2, 0.25) is 0 Å². The molecule has 144 valence electrons. The lowest BCUT2D eigenvalue weighted by Gasteiger charge is -2.05. The number of hydrogen-bond acceptors (Lipinski definition) is 5. The van der Waals surface area contributed by atoms with Gasteiger partial charge in [0.1, 0.15) is 17.2 Å². The SMILES string of the molecule is CCOc1ccc(C2=N/C(=C\c3cccc(Oc4ccccc4)c3)C(=O)O2)cc1. The Bertz CT molecular complexity index is 1070. The summed E-state index contributed by atoms with van der Waals surface area (Å²) in [5.41, 5.74) is 1.75. The Kier molecular flexibility index (Phi) is 5.38. The number of para-hydroxylation sites is 1. The minimum absolute atomic E-state index is 0.241. The number of carbonyl (C=O) groups excluding carboxylic acids is 1. The number of benzene rings is 3. The molecule has 29 heavy (non-hydrogen) atoms. The van der Waals surface area contributed by atoms with E-state index in [-0.39, 0.29) is 11.6 Å². The monoisotopic (exact) mass is 385 g/mol. The van der Waals surface area contributed by atoms with Gasteiger partial charge in [-0.3, -0.25) is 0 Å². The smallest absolute Gasteiger partial charge is 0.363 e. The topological polar surface area (TPSA) is 57.1 Å². The van der Waals surface area contributed by atoms with E-state index in [1.165, 1.54) is 0 Å². The average Bonchev–Trinajstić information content (AvgIpc) is 3.10. The lowest BCUT2D eigenvalue weighted by molar-refractivity contribution is -0.129. The quantitative estimate of drug-likeness (QED) is 0.431. The molecule has 0 amide bonds. The van der Waals surface area contributed by atoms with Crippen molar-refractivity contribution in [3.05, 3.63) is 95.7 Å². The summed E-state index contributed by atoms with van der Waals surface area (Å²) in [6, 6.07) is 24.2. The zero-order valence-electron chi connectivity index (χ0n) is 15.9. The molecule has 0 bridgehead atoms. The highest BCUT2D eigenvalue weighted by Gasteiger charge is 2.24. The summed E-state index contributed by atoms with van der Waals surface area (Å²) < 4.78 is 16.6. The van der Waals surface area contributed by atoms with Crippen molar-refractivity contribution in [2.24, 2.45) is 4.99 Å². The summed E-state index contributed by atoms with van der Waals surface area (Å²) >= 11 is 0. The van der Waals surface area contributed by atoms with Gasteiger partial charge in [0, 0.05) is 5.56 Å². The van der Waals surface area contributed by atoms with E-state index >= 15 is 0 Å². The Morgan fingerprint density at radius 2 is 1.66 bits per heavy atom. The zero-order valence-corrected chi connectivity index (χ0v) is 15.9. The molecule has 0 fully saturated rings. The molecule has 0 aromatic heterocycles. The molecule has 3 aromatic rings. The predicted molar refractivity (Wildman–Crippen MR) is 111 cm³/mol. The third-order valence-electron chi connectivity index (χ3n) is 4.17. The molecule has 0 radical (unpaired) electrons. The van der Waals surface area contributed by atoms with Crippen LogP contribution in [0, 0.1) is 0 Å². The van der Waals surface area contributed by atoms with E-state index in [2.05, 4.69) is 4.99 Å². The number of cyclic esters (lactones) is 1. The maximum Gasteiger partial charge on any atom is 0.363 e. The molecule has 3 aromatic carbocycles. The second-order valence-electron chi connectivity index (χ2n) is 6.28. The van der Waals surface area contributed by atoms with E-state index in [4.69, 9.17) is 14.2 Å². The summed E-state index contributed by atoms with van der Waals surface area (Å²) in [6.45, 7) is 2.52. The van der Waals surface area contributed by atoms with Crippen molar-refractivity contribution in [3.8, 4) is 17.2 Å². The van der Waals surface area contributed by atoms with Crippen molar-refractivity contribution in [1.82, 2.24) is 0 Å². The van der Waals surface area contributed by atoms with Gasteiger partial charge in [-0.1, -0.05) is 30.3 Å². The van der Waals surface area contributed by atoms with Crippen LogP contribution in [-0.2, 0) is 9.53 Å². The van der Waals surface area contributed by atoms with Gasteiger partial charge in [0.25, 0.3) is 0 Å². The maximum atomic E-state index is 12.2. The number of esters is 1. The molecule has 0 atom stereocenters. The fraction of sp³-hybridized carbons (Fsp3) is 0.0833. The minimum atomic E-state index is -0.483. The van der Waals surface area contributed by atoms with Gasteiger partial charge in [-0.05, 0) is 67.1 Å². The number of rotatable bonds is 6. The number of nitrogens with zero attached hydrogens (tertiary/aromatic N) is 1. The van der Waals surface area contributed by atoms with Crippen LogP contribution >= 0.6 is 0 Å². The molecule has 1 aliphatic rings. The lowest BCUT2D eigenvalue weighted by atomic mass is 10.2. The van der Waals surface area contributed by atoms with Crippen LogP contribution in [0.3, 0.4) is 0 Å². The van der Waals surface area contributed by atoms with Crippen LogP contribution in [0.4, 0.5) is 0 Å². The van der Waals surface area contributed by atoms with Crippen molar-refractivity contribution in [2.75, 3.05) is 6.61 Å². The zero-order chi connectivity index (χ0) is 20.1. The Hall–Kier alpha value is -3.86. The summed E-state index contributed by atoms with van der Waals surface area (Å²) in [4.78, 5) is 16.6. The van der Waals surface area contributed by atoms with Gasteiger partial charge in [0.05, 0.1) is 6.61 Å². The molecule has 4 rings (SSSR count). The first-order valence-electron chi connectivity index (χ1n) is 9.30. The molecular weight excluding hydrogens is 366 g/mol. The van der Waals surface area contributed by atoms with Crippen molar-refractivity contribution >= 4 is 17.9 Å². The molecular formula is C24H19NO4. The summed E-state index contributed by atoms with van der Waals surface area (Å²) in [7, 11) is 0. The van der Waals surface area contributed by atoms with Crippen LogP contribution in [-0.4, -0.2) is 18.5 Å². The van der Waals surface area contributed by atoms with Gasteiger partial charge in [0.15, 0.2) is 5.70 Å². The largest absolute Gasteiger partial charge is 0.494 e. The normalized spacial score (nSPS) is 14.4. The maximum absolute atomic E-state index is 12.2. The molecule has 1 aliphatic heterocycles. The summed E-state index contributed by atoms with van der Waals surface area (Å²) in [5, 5.41) is 0. The minimum Gasteiger partial charge on any atom is -0.494 e. The number of carbonyl (C=O) groups is 1. The first kappa shape index (κ1) is 18.5. The van der Waals surface area contributed by atoms with Crippen LogP contribution in [0.5, 0.6) is 17.2 Å². The summed E-state index contributed by atoms with van der Waals surface area (Å²) in [5.74, 6) is 1.97. The second kappa shape index (κ2) is 8.44. The third kappa shape index (κ3) is 4.52. The van der Waals surface area contributed by atoms with Crippen molar-refractivity contribution < 1.29 is 19.0 Å². The fourth-order valence-electron chi connectivity index (χ4n) is 2.84. The first-order chi connectivity index (χ1) is 14.2. The van der Waals surface area contributed by atoms with Crippen LogP contribution in [0.15, 0.2) is 89.6 Å². The molecule has 5 nitrogen and oxygen atoms in total. The standard InChI is InChI=1S/C24H19NO4/c1-2-27-19-13-11-18(12-14-19)23-25-22(24(26)29-23)16-17-7-6-10-21(15-17)28-20-8-4-3-5-9-20/h3-16H,2H2,1H3/b22-16-. The van der Waals surface area contributed by atoms with Crippen molar-refractivity contribution in [1.29, 1.82) is 0 Å². The average molecular weight is 385 g/mol. The highest BCUT2D eigenvalue weighted by Crippen LogP contribution is 2.25. The van der Waals surface area contributed by atoms with Gasteiger partial charge >= 0.3 is 5.97 Å². The second-order valence-corrected chi connectivity index (χ2v) is 6.28. The summed E-state index contributed by atoms with van der Waals surface area (Å²) in [6.07, 6.45) is 1.68. The van der Waals surface area contributed by atoms with Gasteiger partial charge in [-0.2, -0.15) is 0 Å². The number of ether oxygens (including phenoxy) is 3. The fourth-order valence-corrected chi connectivity index (χ4v) is 2.84. The van der Waals surface area contributed by atoms with Crippen LogP contribution in [0.1, 0.15) is 18.1 Å². The van der Waals surface area contributed by atoms with Gasteiger partial charge in [-0.25, -0.2) is 9.79 Å². The molecule has 0 saturated carbocycles. The Balaban J connectivity index is 1.54. The van der Waals surface area contributed by atoms with Gasteiger partial charge < -0.3 is 14.2 Å². The molecule has 0 spiro atoms. The highest BCUT2D eigenvalue weighted by atomic mass is 16.6. The first-order valence-corrected chi connectivity index (χ1v) is 9.30. The number of hydrogen-bond donors (Lipinski definition) is 0. The highest BCUT2D eigenvalue weighted by molar-refractivity contribution is 6.12. The lowest BCUT2D eigenvalue weighted by Crippen LogP contribution is -2.05. The molecule has 0 N–H and O–H groups in total. The van der Waals surface area contributed by atoms with Gasteiger partial charge in [0.2, 0.25) is 5.90 Å². The van der Waals surface area contributed by atoms with Crippen molar-refractivity contribution in [2.45, 2.75) is 6.92 Å².